The number of rotatable bonds is 11. The predicted octanol–water partition coefficient (Wildman–Crippen LogP) is 3.72. The molecule has 162 valence electrons. The van der Waals surface area contributed by atoms with Gasteiger partial charge in [-0.3, -0.25) is 9.59 Å². The van der Waals surface area contributed by atoms with Crippen molar-refractivity contribution in [1.29, 1.82) is 0 Å². The first-order valence-corrected chi connectivity index (χ1v) is 10.4. The molecule has 0 aliphatic heterocycles. The molecule has 1 N–H and O–H groups in total. The Morgan fingerprint density at radius 3 is 2.47 bits per heavy atom. The van der Waals surface area contributed by atoms with Crippen molar-refractivity contribution in [3.8, 4) is 11.5 Å². The molecule has 0 spiro atoms. The number of benzene rings is 2. The van der Waals surface area contributed by atoms with Gasteiger partial charge in [-0.1, -0.05) is 38.1 Å². The molecule has 0 saturated heterocycles. The Kier molecular flexibility index (Phi) is 9.19. The summed E-state index contributed by atoms with van der Waals surface area (Å²) in [6.07, 6.45) is 1.35. The topological polar surface area (TPSA) is 67.9 Å². The van der Waals surface area contributed by atoms with Crippen LogP contribution in [-0.4, -0.2) is 43.0 Å². The largest absolute Gasteiger partial charge is 0.497 e. The summed E-state index contributed by atoms with van der Waals surface area (Å²) in [6, 6.07) is 14.5. The number of carbonyl (C=O) groups excluding carboxylic acids is 2. The molecule has 6 heteroatoms. The summed E-state index contributed by atoms with van der Waals surface area (Å²) in [6.45, 7) is 6.61. The minimum absolute atomic E-state index is 0.134. The van der Waals surface area contributed by atoms with Gasteiger partial charge in [-0.05, 0) is 55.2 Å². The van der Waals surface area contributed by atoms with E-state index in [0.717, 1.165) is 17.5 Å². The SMILES string of the molecule is CCCNC(=O)[C@H](CC)N(Cc1cccc(OC)c1)C(=O)COc1cccc(C)c1. The number of ether oxygens (including phenoxy) is 2. The Labute approximate surface area is 179 Å². The number of nitrogens with one attached hydrogen (secondary N) is 1. The van der Waals surface area contributed by atoms with Gasteiger partial charge in [0, 0.05) is 13.1 Å². The molecule has 2 rings (SSSR count). The molecule has 2 amide bonds. The summed E-state index contributed by atoms with van der Waals surface area (Å²) in [5, 5.41) is 2.91. The first kappa shape index (κ1) is 23.3. The van der Waals surface area contributed by atoms with Gasteiger partial charge in [-0.25, -0.2) is 0 Å². The Balaban J connectivity index is 2.21. The fourth-order valence-corrected chi connectivity index (χ4v) is 3.19. The Bertz CT molecular complexity index is 837. The van der Waals surface area contributed by atoms with Gasteiger partial charge < -0.3 is 19.7 Å². The van der Waals surface area contributed by atoms with Crippen LogP contribution in [0.3, 0.4) is 0 Å². The average Bonchev–Trinajstić information content (AvgIpc) is 2.76. The highest BCUT2D eigenvalue weighted by Gasteiger charge is 2.28. The zero-order chi connectivity index (χ0) is 21.9. The van der Waals surface area contributed by atoms with Gasteiger partial charge in [-0.15, -0.1) is 0 Å². The van der Waals surface area contributed by atoms with E-state index in [1.54, 1.807) is 12.0 Å². The van der Waals surface area contributed by atoms with Crippen molar-refractivity contribution in [3.63, 3.8) is 0 Å². The first-order chi connectivity index (χ1) is 14.5. The smallest absolute Gasteiger partial charge is 0.261 e. The molecule has 0 aliphatic rings. The van der Waals surface area contributed by atoms with Gasteiger partial charge in [0.15, 0.2) is 6.61 Å². The predicted molar refractivity (Wildman–Crippen MR) is 118 cm³/mol. The molecular formula is C24H32N2O4. The van der Waals surface area contributed by atoms with E-state index in [0.29, 0.717) is 31.0 Å². The van der Waals surface area contributed by atoms with Crippen LogP contribution in [0.5, 0.6) is 11.5 Å². The monoisotopic (exact) mass is 412 g/mol. The van der Waals surface area contributed by atoms with E-state index in [9.17, 15) is 9.59 Å². The van der Waals surface area contributed by atoms with Crippen molar-refractivity contribution in [2.75, 3.05) is 20.3 Å². The number of aryl methyl sites for hydroxylation is 1. The van der Waals surface area contributed by atoms with Crippen molar-refractivity contribution in [3.05, 3.63) is 59.7 Å². The third-order valence-corrected chi connectivity index (χ3v) is 4.77. The molecule has 6 nitrogen and oxygen atoms in total. The summed E-state index contributed by atoms with van der Waals surface area (Å²) in [5.74, 6) is 0.955. The van der Waals surface area contributed by atoms with Crippen molar-refractivity contribution < 1.29 is 19.1 Å². The highest BCUT2D eigenvalue weighted by Crippen LogP contribution is 2.18. The molecule has 0 fully saturated rings. The Hall–Kier alpha value is -3.02. The Morgan fingerprint density at radius 2 is 1.80 bits per heavy atom. The second-order valence-electron chi connectivity index (χ2n) is 7.19. The van der Waals surface area contributed by atoms with E-state index in [-0.39, 0.29) is 18.4 Å². The molecule has 2 aromatic carbocycles. The number of methoxy groups -OCH3 is 1. The fourth-order valence-electron chi connectivity index (χ4n) is 3.19. The van der Waals surface area contributed by atoms with Crippen LogP contribution in [0.15, 0.2) is 48.5 Å². The summed E-state index contributed by atoms with van der Waals surface area (Å²) in [5.41, 5.74) is 1.94. The van der Waals surface area contributed by atoms with Crippen LogP contribution in [0.2, 0.25) is 0 Å². The average molecular weight is 413 g/mol. The lowest BCUT2D eigenvalue weighted by Gasteiger charge is -2.30. The Morgan fingerprint density at radius 1 is 1.07 bits per heavy atom. The van der Waals surface area contributed by atoms with E-state index in [1.807, 2.05) is 69.3 Å². The molecule has 0 radical (unpaired) electrons. The van der Waals surface area contributed by atoms with Gasteiger partial charge in [0.2, 0.25) is 5.91 Å². The van der Waals surface area contributed by atoms with Crippen molar-refractivity contribution in [2.24, 2.45) is 0 Å². The zero-order valence-electron chi connectivity index (χ0n) is 18.3. The van der Waals surface area contributed by atoms with Gasteiger partial charge in [-0.2, -0.15) is 0 Å². The molecule has 0 unspecified atom stereocenters. The van der Waals surface area contributed by atoms with Gasteiger partial charge in [0.25, 0.3) is 5.91 Å². The summed E-state index contributed by atoms with van der Waals surface area (Å²) < 4.78 is 11.0. The second-order valence-corrected chi connectivity index (χ2v) is 7.19. The molecule has 0 heterocycles. The molecule has 0 saturated carbocycles. The minimum atomic E-state index is -0.573. The van der Waals surface area contributed by atoms with Gasteiger partial charge in [0.1, 0.15) is 17.5 Å². The molecule has 2 aromatic rings. The number of hydrogen-bond donors (Lipinski definition) is 1. The molecule has 1 atom stereocenters. The van der Waals surface area contributed by atoms with Crippen LogP contribution in [0.4, 0.5) is 0 Å². The van der Waals surface area contributed by atoms with E-state index in [1.165, 1.54) is 0 Å². The van der Waals surface area contributed by atoms with E-state index >= 15 is 0 Å². The van der Waals surface area contributed by atoms with Crippen molar-refractivity contribution in [2.45, 2.75) is 46.2 Å². The van der Waals surface area contributed by atoms with E-state index < -0.39 is 6.04 Å². The van der Waals surface area contributed by atoms with Gasteiger partial charge >= 0.3 is 0 Å². The lowest BCUT2D eigenvalue weighted by atomic mass is 10.1. The van der Waals surface area contributed by atoms with Crippen LogP contribution in [-0.2, 0) is 16.1 Å². The van der Waals surface area contributed by atoms with Crippen LogP contribution >= 0.6 is 0 Å². The van der Waals surface area contributed by atoms with Crippen LogP contribution in [0.25, 0.3) is 0 Å². The summed E-state index contributed by atoms with van der Waals surface area (Å²) >= 11 is 0. The highest BCUT2D eigenvalue weighted by atomic mass is 16.5. The lowest BCUT2D eigenvalue weighted by Crippen LogP contribution is -2.50. The van der Waals surface area contributed by atoms with Crippen molar-refractivity contribution >= 4 is 11.8 Å². The maximum atomic E-state index is 13.1. The standard InChI is InChI=1S/C24H32N2O4/c1-5-13-25-24(28)22(6-2)26(16-19-10-8-11-20(15-19)29-4)23(27)17-30-21-12-7-9-18(3)14-21/h7-12,14-15,22H,5-6,13,16-17H2,1-4H3,(H,25,28)/t22-/m0/s1. The van der Waals surface area contributed by atoms with Crippen LogP contribution < -0.4 is 14.8 Å². The highest BCUT2D eigenvalue weighted by molar-refractivity contribution is 5.88. The molecule has 30 heavy (non-hydrogen) atoms. The number of nitrogens with zero attached hydrogens (tertiary/aromatic N) is 1. The molecular weight excluding hydrogens is 380 g/mol. The third kappa shape index (κ3) is 6.79. The summed E-state index contributed by atoms with van der Waals surface area (Å²) in [7, 11) is 1.60. The molecule has 0 aromatic heterocycles. The number of amides is 2. The minimum Gasteiger partial charge on any atom is -0.497 e. The first-order valence-electron chi connectivity index (χ1n) is 10.4. The normalized spacial score (nSPS) is 11.5. The van der Waals surface area contributed by atoms with Crippen LogP contribution in [0, 0.1) is 6.92 Å². The second kappa shape index (κ2) is 11.9. The van der Waals surface area contributed by atoms with E-state index in [4.69, 9.17) is 9.47 Å². The summed E-state index contributed by atoms with van der Waals surface area (Å²) in [4.78, 5) is 27.5. The zero-order valence-corrected chi connectivity index (χ0v) is 18.3. The van der Waals surface area contributed by atoms with E-state index in [2.05, 4.69) is 5.32 Å². The fraction of sp³-hybridized carbons (Fsp3) is 0.417. The number of carbonyl (C=O) groups is 2. The number of hydrogen-bond acceptors (Lipinski definition) is 4. The maximum Gasteiger partial charge on any atom is 0.261 e. The van der Waals surface area contributed by atoms with Crippen molar-refractivity contribution in [1.82, 2.24) is 10.2 Å². The van der Waals surface area contributed by atoms with Gasteiger partial charge in [0.05, 0.1) is 7.11 Å². The lowest BCUT2D eigenvalue weighted by molar-refractivity contribution is -0.143. The van der Waals surface area contributed by atoms with Crippen LogP contribution in [0.1, 0.15) is 37.8 Å². The molecule has 0 bridgehead atoms. The maximum absolute atomic E-state index is 13.1. The third-order valence-electron chi connectivity index (χ3n) is 4.77. The molecule has 0 aliphatic carbocycles. The quantitative estimate of drug-likeness (QED) is 0.611.